The van der Waals surface area contributed by atoms with Crippen LogP contribution in [0.1, 0.15) is 21.5 Å². The summed E-state index contributed by atoms with van der Waals surface area (Å²) >= 11 is 6.18. The maximum Gasteiger partial charge on any atom is 0.285 e. The molecule has 1 saturated heterocycles. The normalized spacial score (nSPS) is 15.8. The molecule has 2 aromatic rings. The van der Waals surface area contributed by atoms with E-state index in [1.807, 2.05) is 6.07 Å². The minimum Gasteiger partial charge on any atom is -0.267 e. The van der Waals surface area contributed by atoms with Crippen molar-refractivity contribution in [2.24, 2.45) is 0 Å². The zero-order chi connectivity index (χ0) is 18.0. The molecule has 1 heterocycles. The third kappa shape index (κ3) is 3.62. The molecule has 0 radical (unpaired) electrons. The molecule has 2 amide bonds. The number of thioether (sulfide) groups is 1. The summed E-state index contributed by atoms with van der Waals surface area (Å²) in [4.78, 5) is 25.1. The molecule has 0 saturated carbocycles. The van der Waals surface area contributed by atoms with Gasteiger partial charge in [-0.15, -0.1) is 0 Å². The Labute approximate surface area is 153 Å². The van der Waals surface area contributed by atoms with E-state index in [1.54, 1.807) is 43.3 Å². The highest BCUT2D eigenvalue weighted by atomic mass is 32.2. The molecule has 0 bridgehead atoms. The summed E-state index contributed by atoms with van der Waals surface area (Å²) in [6.45, 7) is 1.80. The van der Waals surface area contributed by atoms with Crippen LogP contribution in [0.3, 0.4) is 0 Å². The number of benzene rings is 2. The van der Waals surface area contributed by atoms with Crippen molar-refractivity contribution < 1.29 is 14.0 Å². The van der Waals surface area contributed by atoms with E-state index in [9.17, 15) is 14.0 Å². The maximum absolute atomic E-state index is 13.8. The monoisotopic (exact) mass is 372 g/mol. The van der Waals surface area contributed by atoms with Crippen molar-refractivity contribution in [3.8, 4) is 0 Å². The van der Waals surface area contributed by atoms with E-state index in [1.165, 1.54) is 12.1 Å². The van der Waals surface area contributed by atoms with Gasteiger partial charge in [0.25, 0.3) is 11.8 Å². The van der Waals surface area contributed by atoms with Gasteiger partial charge in [0.2, 0.25) is 0 Å². The van der Waals surface area contributed by atoms with Crippen molar-refractivity contribution in [2.75, 3.05) is 0 Å². The fourth-order valence-electron chi connectivity index (χ4n) is 2.29. The standard InChI is InChI=1S/C18H13FN2O2S2/c1-11-6-2-4-8-13(11)16(22)20-21-17(23)15(25-18(21)24)10-12-7-3-5-9-14(12)19/h2-10H,1H3,(H,20,22). The first-order valence-corrected chi connectivity index (χ1v) is 8.59. The van der Waals surface area contributed by atoms with Crippen molar-refractivity contribution in [3.63, 3.8) is 0 Å². The van der Waals surface area contributed by atoms with Crippen LogP contribution in [0.4, 0.5) is 4.39 Å². The Balaban J connectivity index is 1.81. The Morgan fingerprint density at radius 2 is 1.88 bits per heavy atom. The molecule has 1 aliphatic heterocycles. The summed E-state index contributed by atoms with van der Waals surface area (Å²) in [6.07, 6.45) is 1.43. The predicted molar refractivity (Wildman–Crippen MR) is 100 cm³/mol. The van der Waals surface area contributed by atoms with Gasteiger partial charge in [-0.3, -0.25) is 15.0 Å². The highest BCUT2D eigenvalue weighted by Gasteiger charge is 2.34. The number of nitrogens with one attached hydrogen (secondary N) is 1. The van der Waals surface area contributed by atoms with Crippen LogP contribution in [0, 0.1) is 12.7 Å². The van der Waals surface area contributed by atoms with Crippen LogP contribution in [0.2, 0.25) is 0 Å². The topological polar surface area (TPSA) is 49.4 Å². The van der Waals surface area contributed by atoms with Crippen LogP contribution in [0.25, 0.3) is 6.08 Å². The average molecular weight is 372 g/mol. The molecule has 3 rings (SSSR count). The summed E-state index contributed by atoms with van der Waals surface area (Å²) in [6, 6.07) is 13.2. The summed E-state index contributed by atoms with van der Waals surface area (Å²) in [5.74, 6) is -1.35. The Hall–Kier alpha value is -2.51. The van der Waals surface area contributed by atoms with E-state index >= 15 is 0 Å². The molecule has 1 N–H and O–H groups in total. The summed E-state index contributed by atoms with van der Waals surface area (Å²) < 4.78 is 13.9. The van der Waals surface area contributed by atoms with E-state index in [0.717, 1.165) is 22.3 Å². The fraction of sp³-hybridized carbons (Fsp3) is 0.0556. The quantitative estimate of drug-likeness (QED) is 0.660. The summed E-state index contributed by atoms with van der Waals surface area (Å²) in [5, 5.41) is 1.02. The number of halogens is 1. The third-order valence-corrected chi connectivity index (χ3v) is 4.89. The van der Waals surface area contributed by atoms with Gasteiger partial charge in [-0.1, -0.05) is 48.2 Å². The van der Waals surface area contributed by atoms with Crippen LogP contribution < -0.4 is 5.43 Å². The van der Waals surface area contributed by atoms with Gasteiger partial charge in [-0.25, -0.2) is 4.39 Å². The first kappa shape index (κ1) is 17.3. The molecule has 25 heavy (non-hydrogen) atoms. The second kappa shape index (κ2) is 7.16. The van der Waals surface area contributed by atoms with Crippen molar-refractivity contribution in [3.05, 3.63) is 75.9 Å². The molecule has 0 atom stereocenters. The van der Waals surface area contributed by atoms with E-state index in [0.29, 0.717) is 5.56 Å². The zero-order valence-corrected chi connectivity index (χ0v) is 14.8. The molecular weight excluding hydrogens is 359 g/mol. The number of hydrogen-bond donors (Lipinski definition) is 1. The van der Waals surface area contributed by atoms with Crippen molar-refractivity contribution in [1.29, 1.82) is 0 Å². The Bertz CT molecular complexity index is 911. The minimum absolute atomic E-state index is 0.189. The highest BCUT2D eigenvalue weighted by Crippen LogP contribution is 2.31. The van der Waals surface area contributed by atoms with E-state index in [2.05, 4.69) is 5.43 Å². The van der Waals surface area contributed by atoms with Crippen molar-refractivity contribution in [2.45, 2.75) is 6.92 Å². The van der Waals surface area contributed by atoms with Gasteiger partial charge in [-0.05, 0) is 42.9 Å². The first-order chi connectivity index (χ1) is 12.0. The molecule has 2 aromatic carbocycles. The number of thiocarbonyl (C=S) groups is 1. The number of aryl methyl sites for hydroxylation is 1. The molecule has 7 heteroatoms. The number of hydrogen-bond acceptors (Lipinski definition) is 4. The van der Waals surface area contributed by atoms with Crippen LogP contribution in [-0.2, 0) is 4.79 Å². The number of nitrogens with zero attached hydrogens (tertiary/aromatic N) is 1. The first-order valence-electron chi connectivity index (χ1n) is 7.36. The molecular formula is C18H13FN2O2S2. The summed E-state index contributed by atoms with van der Waals surface area (Å²) in [7, 11) is 0. The molecule has 0 aliphatic carbocycles. The molecule has 126 valence electrons. The average Bonchev–Trinajstić information content (AvgIpc) is 2.85. The van der Waals surface area contributed by atoms with Gasteiger partial charge in [0.1, 0.15) is 5.82 Å². The molecule has 0 aromatic heterocycles. The number of hydrazine groups is 1. The van der Waals surface area contributed by atoms with Gasteiger partial charge in [0.15, 0.2) is 4.32 Å². The highest BCUT2D eigenvalue weighted by molar-refractivity contribution is 8.26. The van der Waals surface area contributed by atoms with E-state index in [-0.39, 0.29) is 14.8 Å². The van der Waals surface area contributed by atoms with E-state index in [4.69, 9.17) is 12.2 Å². The van der Waals surface area contributed by atoms with Crippen molar-refractivity contribution in [1.82, 2.24) is 10.4 Å². The SMILES string of the molecule is Cc1ccccc1C(=O)NN1C(=O)C(=Cc2ccccc2F)SC1=S. The Morgan fingerprint density at radius 3 is 2.60 bits per heavy atom. The largest absolute Gasteiger partial charge is 0.285 e. The van der Waals surface area contributed by atoms with Gasteiger partial charge in [0, 0.05) is 11.1 Å². The van der Waals surface area contributed by atoms with Crippen LogP contribution in [0.15, 0.2) is 53.4 Å². The molecule has 1 aliphatic rings. The van der Waals surface area contributed by atoms with Gasteiger partial charge >= 0.3 is 0 Å². The lowest BCUT2D eigenvalue weighted by molar-refractivity contribution is -0.123. The van der Waals surface area contributed by atoms with Crippen LogP contribution >= 0.6 is 24.0 Å². The fourth-order valence-corrected chi connectivity index (χ4v) is 3.46. The van der Waals surface area contributed by atoms with Gasteiger partial charge in [-0.2, -0.15) is 5.01 Å². The van der Waals surface area contributed by atoms with Crippen LogP contribution in [0.5, 0.6) is 0 Å². The number of rotatable bonds is 3. The lowest BCUT2D eigenvalue weighted by Crippen LogP contribution is -2.45. The predicted octanol–water partition coefficient (Wildman–Crippen LogP) is 3.68. The van der Waals surface area contributed by atoms with Gasteiger partial charge in [0.05, 0.1) is 4.91 Å². The molecule has 0 unspecified atom stereocenters. The number of carbonyl (C=O) groups is 2. The van der Waals surface area contributed by atoms with E-state index < -0.39 is 17.6 Å². The van der Waals surface area contributed by atoms with Crippen LogP contribution in [-0.4, -0.2) is 21.1 Å². The Morgan fingerprint density at radius 1 is 1.20 bits per heavy atom. The minimum atomic E-state index is -0.486. The third-order valence-electron chi connectivity index (χ3n) is 3.59. The lowest BCUT2D eigenvalue weighted by Gasteiger charge is -2.16. The molecule has 4 nitrogen and oxygen atoms in total. The lowest BCUT2D eigenvalue weighted by atomic mass is 10.1. The number of carbonyl (C=O) groups excluding carboxylic acids is 2. The maximum atomic E-state index is 13.8. The van der Waals surface area contributed by atoms with Gasteiger partial charge < -0.3 is 0 Å². The second-order valence-electron chi connectivity index (χ2n) is 5.29. The summed E-state index contributed by atoms with van der Waals surface area (Å²) in [5.41, 5.74) is 4.04. The number of amides is 2. The van der Waals surface area contributed by atoms with Crippen molar-refractivity contribution >= 4 is 46.2 Å². The molecule has 0 spiro atoms. The Kier molecular flexibility index (Phi) is 4.96. The smallest absolute Gasteiger partial charge is 0.267 e. The molecule has 1 fully saturated rings. The second-order valence-corrected chi connectivity index (χ2v) is 6.97. The zero-order valence-electron chi connectivity index (χ0n) is 13.2.